The Bertz CT molecular complexity index is 1050. The van der Waals surface area contributed by atoms with Crippen LogP contribution in [0.1, 0.15) is 13.8 Å². The number of rotatable bonds is 7. The molecular formula is C23H24F2N3O2+. The van der Waals surface area contributed by atoms with Gasteiger partial charge < -0.3 is 15.5 Å². The fourth-order valence-corrected chi connectivity index (χ4v) is 3.35. The van der Waals surface area contributed by atoms with Crippen LogP contribution in [-0.2, 0) is 9.59 Å². The molecule has 0 bridgehead atoms. The summed E-state index contributed by atoms with van der Waals surface area (Å²) in [6.07, 6.45) is 0. The lowest BCUT2D eigenvalue weighted by molar-refractivity contribution is -0.904. The van der Waals surface area contributed by atoms with Gasteiger partial charge in [-0.2, -0.15) is 0 Å². The van der Waals surface area contributed by atoms with Crippen molar-refractivity contribution in [1.82, 2.24) is 0 Å². The van der Waals surface area contributed by atoms with Gasteiger partial charge in [-0.3, -0.25) is 9.59 Å². The average molecular weight is 412 g/mol. The molecule has 0 aliphatic heterocycles. The zero-order valence-corrected chi connectivity index (χ0v) is 16.8. The Balaban J connectivity index is 1.68. The van der Waals surface area contributed by atoms with Crippen LogP contribution in [0.3, 0.4) is 0 Å². The Morgan fingerprint density at radius 2 is 1.57 bits per heavy atom. The predicted octanol–water partition coefficient (Wildman–Crippen LogP) is 2.99. The van der Waals surface area contributed by atoms with Crippen LogP contribution in [-0.4, -0.2) is 30.9 Å². The highest BCUT2D eigenvalue weighted by Gasteiger charge is 2.27. The van der Waals surface area contributed by atoms with E-state index in [1.54, 1.807) is 6.92 Å². The second kappa shape index (κ2) is 9.45. The van der Waals surface area contributed by atoms with Crippen molar-refractivity contribution in [2.75, 3.05) is 23.7 Å². The summed E-state index contributed by atoms with van der Waals surface area (Å²) in [7, 11) is 0. The molecule has 0 saturated heterocycles. The van der Waals surface area contributed by atoms with Gasteiger partial charge in [0.25, 0.3) is 11.8 Å². The summed E-state index contributed by atoms with van der Waals surface area (Å²) in [5.74, 6) is -2.50. The number of hydrogen-bond acceptors (Lipinski definition) is 2. The van der Waals surface area contributed by atoms with Gasteiger partial charge >= 0.3 is 0 Å². The molecule has 0 aliphatic carbocycles. The van der Waals surface area contributed by atoms with Crippen LogP contribution in [0.25, 0.3) is 10.8 Å². The molecule has 1 unspecified atom stereocenters. The minimum absolute atomic E-state index is 0.103. The number of anilines is 2. The van der Waals surface area contributed by atoms with E-state index in [1.165, 1.54) is 6.07 Å². The van der Waals surface area contributed by atoms with Crippen molar-refractivity contribution in [3.8, 4) is 0 Å². The van der Waals surface area contributed by atoms with Crippen molar-refractivity contribution in [2.24, 2.45) is 0 Å². The Hall–Kier alpha value is -3.32. The number of halogens is 2. The predicted molar refractivity (Wildman–Crippen MR) is 113 cm³/mol. The Labute approximate surface area is 173 Å². The number of likely N-dealkylation sites (N-methyl/N-ethyl adjacent to an activating group) is 1. The molecule has 3 N–H and O–H groups in total. The Kier molecular flexibility index (Phi) is 6.74. The smallest absolute Gasteiger partial charge is 0.282 e. The molecule has 30 heavy (non-hydrogen) atoms. The first kappa shape index (κ1) is 21.4. The fraction of sp³-hybridized carbons (Fsp3) is 0.217. The lowest BCUT2D eigenvalue weighted by Crippen LogP contribution is -3.17. The van der Waals surface area contributed by atoms with Crippen LogP contribution in [0, 0.1) is 11.6 Å². The minimum atomic E-state index is -0.844. The average Bonchev–Trinajstić information content (AvgIpc) is 2.74. The normalized spacial score (nSPS) is 12.9. The molecule has 0 fully saturated rings. The van der Waals surface area contributed by atoms with Gasteiger partial charge in [-0.15, -0.1) is 0 Å². The summed E-state index contributed by atoms with van der Waals surface area (Å²) < 4.78 is 27.5. The maximum absolute atomic E-state index is 13.8. The highest BCUT2D eigenvalue weighted by Crippen LogP contribution is 2.23. The second-order valence-corrected chi connectivity index (χ2v) is 7.07. The molecule has 3 aromatic carbocycles. The van der Waals surface area contributed by atoms with Gasteiger partial charge in [0, 0.05) is 11.1 Å². The van der Waals surface area contributed by atoms with Crippen molar-refractivity contribution in [3.05, 3.63) is 72.3 Å². The zero-order chi connectivity index (χ0) is 21.7. The lowest BCUT2D eigenvalue weighted by atomic mass is 10.1. The standard InChI is InChI=1S/C23H23F2N3O2/c1-3-28(14-21(29)27-22-18(24)11-7-12-19(22)25)15(2)23(30)26-20-13-6-9-16-8-4-5-10-17(16)20/h4-13,15H,3,14H2,1-2H3,(H,26,30)(H,27,29)/p+1/t15-/m1/s1. The van der Waals surface area contributed by atoms with Gasteiger partial charge in [0.15, 0.2) is 12.6 Å². The number of carbonyl (C=O) groups excluding carboxylic acids is 2. The Morgan fingerprint density at radius 1 is 0.933 bits per heavy atom. The number of hydrogen-bond donors (Lipinski definition) is 3. The molecular weight excluding hydrogens is 388 g/mol. The summed E-state index contributed by atoms with van der Waals surface area (Å²) in [5, 5.41) is 7.13. The SMILES string of the molecule is CC[NH+](CC(=O)Nc1c(F)cccc1F)[C@H](C)C(=O)Nc1cccc2ccccc12. The Morgan fingerprint density at radius 3 is 2.27 bits per heavy atom. The largest absolute Gasteiger partial charge is 0.320 e. The van der Waals surface area contributed by atoms with Crippen molar-refractivity contribution in [1.29, 1.82) is 0 Å². The van der Waals surface area contributed by atoms with E-state index >= 15 is 0 Å². The van der Waals surface area contributed by atoms with Gasteiger partial charge in [0.2, 0.25) is 0 Å². The number of benzene rings is 3. The second-order valence-electron chi connectivity index (χ2n) is 7.07. The maximum atomic E-state index is 13.8. The third kappa shape index (κ3) is 4.80. The first-order valence-electron chi connectivity index (χ1n) is 9.77. The van der Waals surface area contributed by atoms with E-state index < -0.39 is 29.3 Å². The topological polar surface area (TPSA) is 62.6 Å². The van der Waals surface area contributed by atoms with E-state index in [9.17, 15) is 18.4 Å². The van der Waals surface area contributed by atoms with E-state index in [0.717, 1.165) is 22.9 Å². The van der Waals surface area contributed by atoms with Gasteiger partial charge in [-0.25, -0.2) is 8.78 Å². The summed E-state index contributed by atoms with van der Waals surface area (Å²) in [6, 6.07) is 16.2. The van der Waals surface area contributed by atoms with Crippen molar-refractivity contribution >= 4 is 34.0 Å². The molecule has 156 valence electrons. The van der Waals surface area contributed by atoms with Crippen LogP contribution in [0.4, 0.5) is 20.2 Å². The monoisotopic (exact) mass is 412 g/mol. The number of fused-ring (bicyclic) bond motifs is 1. The molecule has 0 heterocycles. The molecule has 0 radical (unpaired) electrons. The first-order valence-corrected chi connectivity index (χ1v) is 9.77. The molecule has 0 aliphatic rings. The van der Waals surface area contributed by atoms with Crippen LogP contribution in [0.15, 0.2) is 60.7 Å². The van der Waals surface area contributed by atoms with E-state index in [0.29, 0.717) is 17.1 Å². The third-order valence-electron chi connectivity index (χ3n) is 5.12. The number of para-hydroxylation sites is 1. The van der Waals surface area contributed by atoms with Gasteiger partial charge in [0.1, 0.15) is 17.3 Å². The number of nitrogens with one attached hydrogen (secondary N) is 3. The molecule has 2 atom stereocenters. The first-order chi connectivity index (χ1) is 14.4. The lowest BCUT2D eigenvalue weighted by Gasteiger charge is -2.24. The summed E-state index contributed by atoms with van der Waals surface area (Å²) >= 11 is 0. The number of carbonyl (C=O) groups is 2. The van der Waals surface area contributed by atoms with Crippen LogP contribution in [0.5, 0.6) is 0 Å². The quantitative estimate of drug-likeness (QED) is 0.559. The fourth-order valence-electron chi connectivity index (χ4n) is 3.35. The van der Waals surface area contributed by atoms with Crippen LogP contribution < -0.4 is 15.5 Å². The van der Waals surface area contributed by atoms with Gasteiger partial charge in [-0.1, -0.05) is 42.5 Å². The van der Waals surface area contributed by atoms with Crippen LogP contribution in [0.2, 0.25) is 0 Å². The maximum Gasteiger partial charge on any atom is 0.282 e. The molecule has 2 amide bonds. The van der Waals surface area contributed by atoms with Gasteiger partial charge in [-0.05, 0) is 37.4 Å². The highest BCUT2D eigenvalue weighted by atomic mass is 19.1. The van der Waals surface area contributed by atoms with E-state index in [2.05, 4.69) is 10.6 Å². The molecule has 3 rings (SSSR count). The van der Waals surface area contributed by atoms with Crippen molar-refractivity contribution in [2.45, 2.75) is 19.9 Å². The van der Waals surface area contributed by atoms with E-state index in [4.69, 9.17) is 0 Å². The molecule has 7 heteroatoms. The number of quaternary nitrogens is 1. The minimum Gasteiger partial charge on any atom is -0.320 e. The molecule has 0 saturated carbocycles. The summed E-state index contributed by atoms with van der Waals surface area (Å²) in [6.45, 7) is 3.94. The van der Waals surface area contributed by atoms with Crippen molar-refractivity contribution in [3.63, 3.8) is 0 Å². The van der Waals surface area contributed by atoms with E-state index in [-0.39, 0.29) is 12.5 Å². The summed E-state index contributed by atoms with van der Waals surface area (Å²) in [4.78, 5) is 25.8. The van der Waals surface area contributed by atoms with E-state index in [1.807, 2.05) is 49.4 Å². The highest BCUT2D eigenvalue weighted by molar-refractivity contribution is 6.03. The third-order valence-corrected chi connectivity index (χ3v) is 5.12. The van der Waals surface area contributed by atoms with Gasteiger partial charge in [0.05, 0.1) is 6.54 Å². The summed E-state index contributed by atoms with van der Waals surface area (Å²) in [5.41, 5.74) is 0.212. The molecule has 0 spiro atoms. The van der Waals surface area contributed by atoms with Crippen molar-refractivity contribution < 1.29 is 23.3 Å². The number of amides is 2. The zero-order valence-electron chi connectivity index (χ0n) is 16.8. The molecule has 3 aromatic rings. The van der Waals surface area contributed by atoms with Crippen LogP contribution >= 0.6 is 0 Å². The molecule has 0 aromatic heterocycles. The molecule has 5 nitrogen and oxygen atoms in total.